The van der Waals surface area contributed by atoms with Gasteiger partial charge in [-0.3, -0.25) is 4.79 Å². The Labute approximate surface area is 170 Å². The summed E-state index contributed by atoms with van der Waals surface area (Å²) in [5.41, 5.74) is 0.788. The Bertz CT molecular complexity index is 775. The number of carbonyl (C=O) groups excluding carboxylic acids is 1. The molecule has 154 valence electrons. The molecular formula is C19H30N6O2S. The van der Waals surface area contributed by atoms with Crippen LogP contribution in [0.5, 0.6) is 0 Å². The molecule has 3 rings (SSSR count). The SMILES string of the molecule is CCSc1nc(NCCOC)c2cnn(CCNC(=O)CC3CCCC3)c2n1. The van der Waals surface area contributed by atoms with E-state index in [4.69, 9.17) is 4.74 Å². The van der Waals surface area contributed by atoms with Crippen molar-refractivity contribution in [3.8, 4) is 0 Å². The predicted octanol–water partition coefficient (Wildman–Crippen LogP) is 2.69. The van der Waals surface area contributed by atoms with E-state index in [0.29, 0.717) is 38.6 Å². The number of rotatable bonds is 11. The van der Waals surface area contributed by atoms with E-state index in [1.165, 1.54) is 25.7 Å². The molecule has 1 fully saturated rings. The van der Waals surface area contributed by atoms with Gasteiger partial charge in [0.15, 0.2) is 10.8 Å². The minimum Gasteiger partial charge on any atom is -0.383 e. The molecule has 0 atom stereocenters. The number of nitrogens with one attached hydrogen (secondary N) is 2. The van der Waals surface area contributed by atoms with Crippen LogP contribution in [0.1, 0.15) is 39.0 Å². The van der Waals surface area contributed by atoms with E-state index in [9.17, 15) is 4.79 Å². The zero-order valence-corrected chi connectivity index (χ0v) is 17.6. The van der Waals surface area contributed by atoms with Crippen molar-refractivity contribution in [2.75, 3.05) is 37.9 Å². The normalized spacial score (nSPS) is 14.6. The Morgan fingerprint density at radius 2 is 2.14 bits per heavy atom. The lowest BCUT2D eigenvalue weighted by molar-refractivity contribution is -0.122. The molecule has 2 heterocycles. The van der Waals surface area contributed by atoms with Crippen molar-refractivity contribution in [3.05, 3.63) is 6.20 Å². The Kier molecular flexibility index (Phi) is 7.90. The first-order valence-corrected chi connectivity index (χ1v) is 11.1. The summed E-state index contributed by atoms with van der Waals surface area (Å²) in [6, 6.07) is 0. The van der Waals surface area contributed by atoms with E-state index in [1.807, 2.05) is 4.68 Å². The van der Waals surface area contributed by atoms with Crippen molar-refractivity contribution in [1.82, 2.24) is 25.1 Å². The molecule has 28 heavy (non-hydrogen) atoms. The smallest absolute Gasteiger partial charge is 0.220 e. The zero-order valence-electron chi connectivity index (χ0n) is 16.7. The van der Waals surface area contributed by atoms with Gasteiger partial charge >= 0.3 is 0 Å². The minimum absolute atomic E-state index is 0.141. The van der Waals surface area contributed by atoms with E-state index >= 15 is 0 Å². The van der Waals surface area contributed by atoms with Gasteiger partial charge in [0.2, 0.25) is 5.91 Å². The van der Waals surface area contributed by atoms with Crippen LogP contribution < -0.4 is 10.6 Å². The van der Waals surface area contributed by atoms with Gasteiger partial charge in [-0.2, -0.15) is 5.10 Å². The Hall–Kier alpha value is -1.87. The summed E-state index contributed by atoms with van der Waals surface area (Å²) in [5, 5.41) is 12.4. The van der Waals surface area contributed by atoms with Crippen LogP contribution in [0.25, 0.3) is 11.0 Å². The van der Waals surface area contributed by atoms with E-state index in [1.54, 1.807) is 25.1 Å². The zero-order chi connectivity index (χ0) is 19.8. The van der Waals surface area contributed by atoms with Gasteiger partial charge in [0.05, 0.1) is 24.7 Å². The molecule has 0 spiro atoms. The monoisotopic (exact) mass is 406 g/mol. The summed E-state index contributed by atoms with van der Waals surface area (Å²) in [5.74, 6) is 2.37. The molecule has 0 aliphatic heterocycles. The van der Waals surface area contributed by atoms with Crippen LogP contribution in [0.4, 0.5) is 5.82 Å². The average Bonchev–Trinajstić information content (AvgIpc) is 3.32. The molecule has 8 nitrogen and oxygen atoms in total. The topological polar surface area (TPSA) is 94.0 Å². The van der Waals surface area contributed by atoms with Crippen molar-refractivity contribution in [3.63, 3.8) is 0 Å². The highest BCUT2D eigenvalue weighted by Crippen LogP contribution is 2.27. The molecule has 1 aliphatic carbocycles. The van der Waals surface area contributed by atoms with Crippen LogP contribution >= 0.6 is 11.8 Å². The summed E-state index contributed by atoms with van der Waals surface area (Å²) < 4.78 is 6.95. The molecule has 0 aromatic carbocycles. The Morgan fingerprint density at radius 1 is 1.32 bits per heavy atom. The number of ether oxygens (including phenoxy) is 1. The molecule has 1 amide bonds. The van der Waals surface area contributed by atoms with Crippen LogP contribution in [0, 0.1) is 5.92 Å². The molecular weight excluding hydrogens is 376 g/mol. The number of hydrogen-bond acceptors (Lipinski definition) is 7. The number of anilines is 1. The van der Waals surface area contributed by atoms with Crippen LogP contribution in [-0.2, 0) is 16.1 Å². The lowest BCUT2D eigenvalue weighted by Gasteiger charge is -2.11. The number of thioether (sulfide) groups is 1. The fourth-order valence-corrected chi connectivity index (χ4v) is 4.11. The van der Waals surface area contributed by atoms with Gasteiger partial charge in [-0.05, 0) is 24.5 Å². The summed E-state index contributed by atoms with van der Waals surface area (Å²) in [4.78, 5) is 21.4. The van der Waals surface area contributed by atoms with Gasteiger partial charge in [-0.15, -0.1) is 0 Å². The standard InChI is InChI=1S/C19H30N6O2S/c1-3-28-19-23-17(21-9-11-27-2)15-13-22-25(18(15)24-19)10-8-20-16(26)12-14-6-4-5-7-14/h13-14H,3-12H2,1-2H3,(H,20,26)(H,21,23,24). The van der Waals surface area contributed by atoms with Crippen molar-refractivity contribution < 1.29 is 9.53 Å². The van der Waals surface area contributed by atoms with E-state index in [0.717, 1.165) is 27.8 Å². The molecule has 1 aliphatic rings. The molecule has 2 aromatic heterocycles. The maximum atomic E-state index is 12.1. The Morgan fingerprint density at radius 3 is 2.89 bits per heavy atom. The molecule has 9 heteroatoms. The quantitative estimate of drug-likeness (QED) is 0.337. The van der Waals surface area contributed by atoms with Crippen LogP contribution in [0.15, 0.2) is 11.4 Å². The summed E-state index contributed by atoms with van der Waals surface area (Å²) in [6.07, 6.45) is 7.32. The van der Waals surface area contributed by atoms with Gasteiger partial charge < -0.3 is 15.4 Å². The second kappa shape index (κ2) is 10.6. The fraction of sp³-hybridized carbons (Fsp3) is 0.684. The first-order valence-electron chi connectivity index (χ1n) is 10.1. The van der Waals surface area contributed by atoms with Gasteiger partial charge in [0, 0.05) is 26.6 Å². The van der Waals surface area contributed by atoms with E-state index < -0.39 is 0 Å². The highest BCUT2D eigenvalue weighted by molar-refractivity contribution is 7.99. The summed E-state index contributed by atoms with van der Waals surface area (Å²) >= 11 is 1.60. The van der Waals surface area contributed by atoms with Crippen molar-refractivity contribution >= 4 is 34.5 Å². The third-order valence-electron chi connectivity index (χ3n) is 4.94. The number of methoxy groups -OCH3 is 1. The fourth-order valence-electron chi connectivity index (χ4n) is 3.55. The van der Waals surface area contributed by atoms with Crippen molar-refractivity contribution in [1.29, 1.82) is 0 Å². The van der Waals surface area contributed by atoms with Gasteiger partial charge in [-0.25, -0.2) is 14.6 Å². The maximum Gasteiger partial charge on any atom is 0.220 e. The number of nitrogens with zero attached hydrogens (tertiary/aromatic N) is 4. The molecule has 0 saturated heterocycles. The molecule has 2 aromatic rings. The molecule has 1 saturated carbocycles. The van der Waals surface area contributed by atoms with Gasteiger partial charge in [-0.1, -0.05) is 31.5 Å². The second-order valence-corrected chi connectivity index (χ2v) is 8.25. The van der Waals surface area contributed by atoms with Crippen molar-refractivity contribution in [2.45, 2.75) is 50.7 Å². The third kappa shape index (κ3) is 5.57. The molecule has 0 bridgehead atoms. The molecule has 2 N–H and O–H groups in total. The summed E-state index contributed by atoms with van der Waals surface area (Å²) in [7, 11) is 1.68. The number of aromatic nitrogens is 4. The number of fused-ring (bicyclic) bond motifs is 1. The number of carbonyl (C=O) groups is 1. The van der Waals surface area contributed by atoms with Crippen molar-refractivity contribution in [2.24, 2.45) is 5.92 Å². The van der Waals surface area contributed by atoms with E-state index in [2.05, 4.69) is 32.6 Å². The van der Waals surface area contributed by atoms with Crippen LogP contribution in [0.3, 0.4) is 0 Å². The highest BCUT2D eigenvalue weighted by Gasteiger charge is 2.18. The third-order valence-corrected chi connectivity index (χ3v) is 5.67. The molecule has 0 unspecified atom stereocenters. The Balaban J connectivity index is 1.64. The number of hydrogen-bond donors (Lipinski definition) is 2. The lowest BCUT2D eigenvalue weighted by atomic mass is 10.0. The van der Waals surface area contributed by atoms with Crippen LogP contribution in [-0.4, -0.2) is 58.2 Å². The predicted molar refractivity (Wildman–Crippen MR) is 112 cm³/mol. The maximum absolute atomic E-state index is 12.1. The largest absolute Gasteiger partial charge is 0.383 e. The highest BCUT2D eigenvalue weighted by atomic mass is 32.2. The van der Waals surface area contributed by atoms with E-state index in [-0.39, 0.29) is 5.91 Å². The first-order chi connectivity index (χ1) is 13.7. The average molecular weight is 407 g/mol. The lowest BCUT2D eigenvalue weighted by Crippen LogP contribution is -2.28. The van der Waals surface area contributed by atoms with Crippen LogP contribution in [0.2, 0.25) is 0 Å². The van der Waals surface area contributed by atoms with Gasteiger partial charge in [0.1, 0.15) is 5.82 Å². The first kappa shape index (κ1) is 20.9. The number of amides is 1. The van der Waals surface area contributed by atoms with Gasteiger partial charge in [0.25, 0.3) is 0 Å². The molecule has 0 radical (unpaired) electrons. The minimum atomic E-state index is 0.141. The summed E-state index contributed by atoms with van der Waals surface area (Å²) in [6.45, 7) is 4.48. The second-order valence-electron chi connectivity index (χ2n) is 7.02.